The zero-order valence-corrected chi connectivity index (χ0v) is 12.8. The zero-order chi connectivity index (χ0) is 17.0. The number of carbonyl (C=O) groups is 2. The van der Waals surface area contributed by atoms with Crippen LogP contribution >= 0.6 is 0 Å². The molecule has 0 aliphatic heterocycles. The Morgan fingerprint density at radius 3 is 2.43 bits per heavy atom. The number of nitrogens with zero attached hydrogens (tertiary/aromatic N) is 1. The van der Waals surface area contributed by atoms with Crippen molar-refractivity contribution < 1.29 is 23.2 Å². The molecule has 8 heteroatoms. The van der Waals surface area contributed by atoms with Crippen molar-refractivity contribution in [1.82, 2.24) is 16.0 Å². The van der Waals surface area contributed by atoms with Gasteiger partial charge in [-0.3, -0.25) is 20.4 Å². The number of hydrogen-bond acceptors (Lipinski definition) is 5. The molecular weight excluding hydrogens is 305 g/mol. The third-order valence-electron chi connectivity index (χ3n) is 3.06. The molecular formula is C15H16FN3O4. The number of aryl methyl sites for hydroxylation is 2. The molecule has 1 heterocycles. The normalized spacial score (nSPS) is 11.7. The van der Waals surface area contributed by atoms with E-state index in [-0.39, 0.29) is 5.56 Å². The number of ether oxygens (including phenoxy) is 1. The van der Waals surface area contributed by atoms with Gasteiger partial charge in [0.25, 0.3) is 11.8 Å². The summed E-state index contributed by atoms with van der Waals surface area (Å²) >= 11 is 0. The van der Waals surface area contributed by atoms with Crippen molar-refractivity contribution in [2.75, 3.05) is 0 Å². The summed E-state index contributed by atoms with van der Waals surface area (Å²) in [6, 6.07) is 5.25. The zero-order valence-electron chi connectivity index (χ0n) is 12.8. The number of amides is 2. The Hall–Kier alpha value is -2.90. The topological polar surface area (TPSA) is 93.5 Å². The SMILES string of the molecule is Cc1noc(C)c1C(=O)NNC(=O)C(C)Oc1ccc(F)cc1. The van der Waals surface area contributed by atoms with Gasteiger partial charge in [0.2, 0.25) is 0 Å². The lowest BCUT2D eigenvalue weighted by Gasteiger charge is -2.15. The van der Waals surface area contributed by atoms with Gasteiger partial charge in [-0.1, -0.05) is 5.16 Å². The van der Waals surface area contributed by atoms with Crippen LogP contribution in [0.3, 0.4) is 0 Å². The number of nitrogens with one attached hydrogen (secondary N) is 2. The van der Waals surface area contributed by atoms with Crippen molar-refractivity contribution >= 4 is 11.8 Å². The van der Waals surface area contributed by atoms with Gasteiger partial charge in [-0.15, -0.1) is 0 Å². The lowest BCUT2D eigenvalue weighted by Crippen LogP contribution is -2.47. The fraction of sp³-hybridized carbons (Fsp3) is 0.267. The van der Waals surface area contributed by atoms with E-state index in [2.05, 4.69) is 16.0 Å². The highest BCUT2D eigenvalue weighted by Crippen LogP contribution is 2.13. The molecule has 2 rings (SSSR count). The quantitative estimate of drug-likeness (QED) is 0.835. The van der Waals surface area contributed by atoms with E-state index in [0.29, 0.717) is 17.2 Å². The van der Waals surface area contributed by atoms with E-state index in [9.17, 15) is 14.0 Å². The van der Waals surface area contributed by atoms with E-state index < -0.39 is 23.7 Å². The van der Waals surface area contributed by atoms with Crippen LogP contribution in [0.2, 0.25) is 0 Å². The van der Waals surface area contributed by atoms with Gasteiger partial charge in [-0.25, -0.2) is 4.39 Å². The van der Waals surface area contributed by atoms with Crippen LogP contribution in [0.25, 0.3) is 0 Å². The van der Waals surface area contributed by atoms with E-state index in [1.54, 1.807) is 13.8 Å². The van der Waals surface area contributed by atoms with E-state index in [0.717, 1.165) is 0 Å². The molecule has 2 aromatic rings. The second kappa shape index (κ2) is 6.91. The van der Waals surface area contributed by atoms with Crippen molar-refractivity contribution in [3.63, 3.8) is 0 Å². The Morgan fingerprint density at radius 2 is 1.87 bits per heavy atom. The molecule has 1 aromatic carbocycles. The Morgan fingerprint density at radius 1 is 1.22 bits per heavy atom. The Balaban J connectivity index is 1.89. The lowest BCUT2D eigenvalue weighted by molar-refractivity contribution is -0.128. The van der Waals surface area contributed by atoms with Crippen molar-refractivity contribution in [3.05, 3.63) is 47.1 Å². The summed E-state index contributed by atoms with van der Waals surface area (Å²) in [5.74, 6) is -0.810. The molecule has 0 fully saturated rings. The third kappa shape index (κ3) is 4.06. The highest BCUT2D eigenvalue weighted by Gasteiger charge is 2.20. The van der Waals surface area contributed by atoms with Gasteiger partial charge < -0.3 is 9.26 Å². The summed E-state index contributed by atoms with van der Waals surface area (Å²) in [4.78, 5) is 23.9. The van der Waals surface area contributed by atoms with Crippen molar-refractivity contribution in [3.8, 4) is 5.75 Å². The van der Waals surface area contributed by atoms with Crippen LogP contribution in [0.1, 0.15) is 28.7 Å². The largest absolute Gasteiger partial charge is 0.481 e. The van der Waals surface area contributed by atoms with Crippen LogP contribution < -0.4 is 15.6 Å². The van der Waals surface area contributed by atoms with Crippen molar-refractivity contribution in [2.24, 2.45) is 0 Å². The minimum Gasteiger partial charge on any atom is -0.481 e. The van der Waals surface area contributed by atoms with Gasteiger partial charge in [-0.05, 0) is 45.0 Å². The lowest BCUT2D eigenvalue weighted by atomic mass is 10.2. The number of aromatic nitrogens is 1. The molecule has 0 saturated carbocycles. The number of rotatable bonds is 4. The minimum absolute atomic E-state index is 0.261. The molecule has 7 nitrogen and oxygen atoms in total. The molecule has 0 radical (unpaired) electrons. The predicted molar refractivity (Wildman–Crippen MR) is 78.1 cm³/mol. The fourth-order valence-corrected chi connectivity index (χ4v) is 1.86. The van der Waals surface area contributed by atoms with Gasteiger partial charge >= 0.3 is 0 Å². The molecule has 2 amide bonds. The molecule has 122 valence electrons. The molecule has 0 aliphatic rings. The monoisotopic (exact) mass is 321 g/mol. The first kappa shape index (κ1) is 16.5. The van der Waals surface area contributed by atoms with Crippen molar-refractivity contribution in [1.29, 1.82) is 0 Å². The highest BCUT2D eigenvalue weighted by atomic mass is 19.1. The van der Waals surface area contributed by atoms with Gasteiger partial charge in [0.15, 0.2) is 6.10 Å². The molecule has 0 spiro atoms. The summed E-state index contributed by atoms with van der Waals surface area (Å²) in [6.45, 7) is 4.71. The number of halogens is 1. The predicted octanol–water partition coefficient (Wildman–Crippen LogP) is 1.66. The first-order chi connectivity index (χ1) is 10.9. The fourth-order valence-electron chi connectivity index (χ4n) is 1.86. The number of benzene rings is 1. The maximum Gasteiger partial charge on any atom is 0.279 e. The first-order valence-corrected chi connectivity index (χ1v) is 6.83. The van der Waals surface area contributed by atoms with E-state index in [1.807, 2.05) is 0 Å². The molecule has 2 N–H and O–H groups in total. The molecule has 1 unspecified atom stereocenters. The van der Waals surface area contributed by atoms with Gasteiger partial charge in [0.1, 0.15) is 22.9 Å². The Labute approximate surface area is 131 Å². The summed E-state index contributed by atoms with van der Waals surface area (Å²) in [5, 5.41) is 3.66. The van der Waals surface area contributed by atoms with Gasteiger partial charge in [0, 0.05) is 0 Å². The van der Waals surface area contributed by atoms with E-state index in [1.165, 1.54) is 31.2 Å². The van der Waals surface area contributed by atoms with Crippen LogP contribution in [-0.2, 0) is 4.79 Å². The van der Waals surface area contributed by atoms with Crippen LogP contribution in [-0.4, -0.2) is 23.1 Å². The highest BCUT2D eigenvalue weighted by molar-refractivity contribution is 5.97. The summed E-state index contributed by atoms with van der Waals surface area (Å²) in [6.07, 6.45) is -0.884. The molecule has 23 heavy (non-hydrogen) atoms. The first-order valence-electron chi connectivity index (χ1n) is 6.83. The smallest absolute Gasteiger partial charge is 0.279 e. The van der Waals surface area contributed by atoms with Crippen molar-refractivity contribution in [2.45, 2.75) is 26.9 Å². The Bertz CT molecular complexity index is 693. The molecule has 1 atom stereocenters. The average molecular weight is 321 g/mol. The average Bonchev–Trinajstić information content (AvgIpc) is 2.85. The Kier molecular flexibility index (Phi) is 4.95. The van der Waals surface area contributed by atoms with Crippen LogP contribution in [0, 0.1) is 19.7 Å². The van der Waals surface area contributed by atoms with Crippen LogP contribution in [0.4, 0.5) is 4.39 Å². The second-order valence-electron chi connectivity index (χ2n) is 4.86. The summed E-state index contributed by atoms with van der Waals surface area (Å²) in [5.41, 5.74) is 5.20. The molecule has 0 bridgehead atoms. The number of hydrogen-bond donors (Lipinski definition) is 2. The van der Waals surface area contributed by atoms with Gasteiger partial charge in [-0.2, -0.15) is 0 Å². The third-order valence-corrected chi connectivity index (χ3v) is 3.06. The van der Waals surface area contributed by atoms with Crippen LogP contribution in [0.15, 0.2) is 28.8 Å². The molecule has 0 aliphatic carbocycles. The summed E-state index contributed by atoms with van der Waals surface area (Å²) < 4.78 is 23.0. The second-order valence-corrected chi connectivity index (χ2v) is 4.86. The number of hydrazine groups is 1. The maximum absolute atomic E-state index is 12.8. The summed E-state index contributed by atoms with van der Waals surface area (Å²) in [7, 11) is 0. The number of carbonyl (C=O) groups excluding carboxylic acids is 2. The van der Waals surface area contributed by atoms with E-state index >= 15 is 0 Å². The standard InChI is InChI=1S/C15H16FN3O4/c1-8-13(9(2)23-19-8)15(21)18-17-14(20)10(3)22-12-6-4-11(16)5-7-12/h4-7,10H,1-3H3,(H,17,20)(H,18,21). The molecule has 1 aromatic heterocycles. The van der Waals surface area contributed by atoms with Crippen LogP contribution in [0.5, 0.6) is 5.75 Å². The minimum atomic E-state index is -0.884. The van der Waals surface area contributed by atoms with Gasteiger partial charge in [0.05, 0.1) is 5.69 Å². The molecule has 0 saturated heterocycles. The van der Waals surface area contributed by atoms with E-state index in [4.69, 9.17) is 9.26 Å². The maximum atomic E-state index is 12.8.